The highest BCUT2D eigenvalue weighted by molar-refractivity contribution is 6.14. The summed E-state index contributed by atoms with van der Waals surface area (Å²) in [6, 6.07) is 73.4. The molecule has 290 valence electrons. The van der Waals surface area contributed by atoms with Crippen LogP contribution in [0.5, 0.6) is 0 Å². The molecule has 0 aliphatic heterocycles. The van der Waals surface area contributed by atoms with Crippen molar-refractivity contribution >= 4 is 43.7 Å². The Morgan fingerprint density at radius 1 is 0.323 bits per heavy atom. The molecule has 12 aromatic rings. The summed E-state index contributed by atoms with van der Waals surface area (Å²) in [6.45, 7) is 0. The monoisotopic (exact) mass is 793 g/mol. The molecular weight excluding hydrogens is 759 g/mol. The van der Waals surface area contributed by atoms with Crippen molar-refractivity contribution < 1.29 is 4.42 Å². The van der Waals surface area contributed by atoms with Crippen LogP contribution < -0.4 is 0 Å². The number of benzene rings is 8. The minimum Gasteiger partial charge on any atom is -0.456 e. The van der Waals surface area contributed by atoms with Gasteiger partial charge in [0.15, 0.2) is 17.5 Å². The third-order valence-electron chi connectivity index (χ3n) is 11.6. The lowest BCUT2D eigenvalue weighted by Gasteiger charge is -2.13. The summed E-state index contributed by atoms with van der Waals surface area (Å²) in [5.74, 6) is 1.83. The fourth-order valence-corrected chi connectivity index (χ4v) is 8.71. The fraction of sp³-hybridized carbons (Fsp3) is 0. The molecule has 0 bridgehead atoms. The van der Waals surface area contributed by atoms with Crippen molar-refractivity contribution in [1.29, 1.82) is 0 Å². The van der Waals surface area contributed by atoms with Gasteiger partial charge in [0.25, 0.3) is 0 Å². The van der Waals surface area contributed by atoms with E-state index in [4.69, 9.17) is 24.4 Å². The number of nitrogens with zero attached hydrogens (tertiary/aromatic N) is 5. The predicted molar refractivity (Wildman–Crippen MR) is 252 cm³/mol. The first-order valence-electron chi connectivity index (χ1n) is 20.7. The van der Waals surface area contributed by atoms with Crippen LogP contribution in [0.25, 0.3) is 117 Å². The Morgan fingerprint density at radius 2 is 0.839 bits per heavy atom. The SMILES string of the molecule is c1ccc(-c2cc(-n3c4ccccc4c4cc(-c5ccc6oc7cccc(-c8nc(-c9ccccc9)nc(-c9ccccc9)n8)c7c6c5)ccc43)cc(-c3ccccc3)n2)cc1. The Kier molecular flexibility index (Phi) is 8.38. The largest absolute Gasteiger partial charge is 0.456 e. The maximum atomic E-state index is 6.52. The molecular formula is C56H35N5O. The Bertz CT molecular complexity index is 3490. The number of rotatable bonds is 7. The van der Waals surface area contributed by atoms with Gasteiger partial charge in [-0.2, -0.15) is 0 Å². The Labute approximate surface area is 357 Å². The standard InChI is InChI=1S/C56H35N5O/c1-5-16-36(17-6-1)47-34-42(35-48(57-47)37-18-7-2-8-19-37)61-49-26-14-13-24-43(49)45-32-40(28-30-50(45)61)41-29-31-51-46(33-41)53-44(25-15-27-52(53)62-51)56-59-54(38-20-9-3-10-21-38)58-55(60-56)39-22-11-4-12-23-39/h1-35H. The molecule has 0 atom stereocenters. The number of hydrogen-bond acceptors (Lipinski definition) is 5. The zero-order valence-corrected chi connectivity index (χ0v) is 33.4. The maximum Gasteiger partial charge on any atom is 0.164 e. The molecule has 6 nitrogen and oxygen atoms in total. The molecule has 0 saturated heterocycles. The van der Waals surface area contributed by atoms with Gasteiger partial charge in [-0.05, 0) is 59.7 Å². The number of hydrogen-bond donors (Lipinski definition) is 0. The Hall–Kier alpha value is -8.48. The summed E-state index contributed by atoms with van der Waals surface area (Å²) in [4.78, 5) is 20.3. The topological polar surface area (TPSA) is 69.6 Å². The average Bonchev–Trinajstić information content (AvgIpc) is 3.90. The van der Waals surface area contributed by atoms with Gasteiger partial charge in [0.2, 0.25) is 0 Å². The molecule has 8 aromatic carbocycles. The first-order chi connectivity index (χ1) is 30.7. The normalized spacial score (nSPS) is 11.5. The first kappa shape index (κ1) is 35.5. The second-order valence-corrected chi connectivity index (χ2v) is 15.4. The summed E-state index contributed by atoms with van der Waals surface area (Å²) < 4.78 is 8.89. The minimum atomic E-state index is 0.590. The van der Waals surface area contributed by atoms with Gasteiger partial charge in [-0.1, -0.05) is 164 Å². The number of furan rings is 1. The van der Waals surface area contributed by atoms with E-state index in [9.17, 15) is 0 Å². The van der Waals surface area contributed by atoms with Gasteiger partial charge < -0.3 is 8.98 Å². The molecule has 0 amide bonds. The minimum absolute atomic E-state index is 0.590. The van der Waals surface area contributed by atoms with E-state index in [1.54, 1.807) is 0 Å². The maximum absolute atomic E-state index is 6.52. The molecule has 0 saturated carbocycles. The van der Waals surface area contributed by atoms with Gasteiger partial charge >= 0.3 is 0 Å². The molecule has 0 fully saturated rings. The number of fused-ring (bicyclic) bond motifs is 6. The highest BCUT2D eigenvalue weighted by Gasteiger charge is 2.20. The number of aromatic nitrogens is 5. The van der Waals surface area contributed by atoms with Crippen LogP contribution in [0.1, 0.15) is 0 Å². The van der Waals surface area contributed by atoms with Crippen molar-refractivity contribution in [2.45, 2.75) is 0 Å². The molecule has 4 aromatic heterocycles. The lowest BCUT2D eigenvalue weighted by molar-refractivity contribution is 0.669. The van der Waals surface area contributed by atoms with Crippen molar-refractivity contribution in [2.75, 3.05) is 0 Å². The van der Waals surface area contributed by atoms with E-state index in [1.165, 1.54) is 10.8 Å². The molecule has 0 aliphatic carbocycles. The van der Waals surface area contributed by atoms with Gasteiger partial charge in [-0.15, -0.1) is 0 Å². The van der Waals surface area contributed by atoms with Crippen LogP contribution in [0.15, 0.2) is 217 Å². The quantitative estimate of drug-likeness (QED) is 0.161. The van der Waals surface area contributed by atoms with Gasteiger partial charge in [0.05, 0.1) is 28.1 Å². The summed E-state index contributed by atoms with van der Waals surface area (Å²) in [7, 11) is 0. The van der Waals surface area contributed by atoms with Gasteiger partial charge in [-0.25, -0.2) is 19.9 Å². The number of para-hydroxylation sites is 1. The highest BCUT2D eigenvalue weighted by Crippen LogP contribution is 2.41. The zero-order valence-electron chi connectivity index (χ0n) is 33.4. The van der Waals surface area contributed by atoms with E-state index in [2.05, 4.69) is 132 Å². The molecule has 62 heavy (non-hydrogen) atoms. The van der Waals surface area contributed by atoms with Crippen LogP contribution in [-0.4, -0.2) is 24.5 Å². The molecule has 6 heteroatoms. The summed E-state index contributed by atoms with van der Waals surface area (Å²) in [5, 5.41) is 4.31. The van der Waals surface area contributed by atoms with E-state index in [0.29, 0.717) is 17.5 Å². The summed E-state index contributed by atoms with van der Waals surface area (Å²) in [6.07, 6.45) is 0. The van der Waals surface area contributed by atoms with E-state index >= 15 is 0 Å². The molecule has 0 aliphatic rings. The van der Waals surface area contributed by atoms with Crippen molar-refractivity contribution in [3.63, 3.8) is 0 Å². The van der Waals surface area contributed by atoms with E-state index in [0.717, 1.165) is 89.0 Å². The Morgan fingerprint density at radius 3 is 1.47 bits per heavy atom. The molecule has 0 radical (unpaired) electrons. The van der Waals surface area contributed by atoms with Crippen molar-refractivity contribution in [3.8, 4) is 73.5 Å². The third-order valence-corrected chi connectivity index (χ3v) is 11.6. The second-order valence-electron chi connectivity index (χ2n) is 15.4. The lowest BCUT2D eigenvalue weighted by Crippen LogP contribution is -2.00. The molecule has 12 rings (SSSR count). The van der Waals surface area contributed by atoms with E-state index in [1.807, 2.05) is 84.9 Å². The zero-order chi connectivity index (χ0) is 41.0. The average molecular weight is 794 g/mol. The first-order valence-corrected chi connectivity index (χ1v) is 20.7. The van der Waals surface area contributed by atoms with Crippen molar-refractivity contribution in [2.24, 2.45) is 0 Å². The predicted octanol–water partition coefficient (Wildman–Crippen LogP) is 14.3. The molecule has 0 unspecified atom stereocenters. The van der Waals surface area contributed by atoms with Crippen LogP contribution in [0.2, 0.25) is 0 Å². The second kappa shape index (κ2) is 14.7. The van der Waals surface area contributed by atoms with Crippen LogP contribution in [0.4, 0.5) is 0 Å². The summed E-state index contributed by atoms with van der Waals surface area (Å²) >= 11 is 0. The van der Waals surface area contributed by atoms with E-state index < -0.39 is 0 Å². The molecule has 0 N–H and O–H groups in total. The lowest BCUT2D eigenvalue weighted by atomic mass is 9.99. The van der Waals surface area contributed by atoms with Gasteiger partial charge in [0, 0.05) is 49.4 Å². The number of pyridine rings is 1. The van der Waals surface area contributed by atoms with Gasteiger partial charge in [-0.3, -0.25) is 0 Å². The summed E-state index contributed by atoms with van der Waals surface area (Å²) in [5.41, 5.74) is 13.8. The van der Waals surface area contributed by atoms with Crippen LogP contribution in [-0.2, 0) is 0 Å². The molecule has 4 heterocycles. The van der Waals surface area contributed by atoms with E-state index in [-0.39, 0.29) is 0 Å². The fourth-order valence-electron chi connectivity index (χ4n) is 8.71. The smallest absolute Gasteiger partial charge is 0.164 e. The van der Waals surface area contributed by atoms with Crippen molar-refractivity contribution in [1.82, 2.24) is 24.5 Å². The highest BCUT2D eigenvalue weighted by atomic mass is 16.3. The van der Waals surface area contributed by atoms with Crippen LogP contribution >= 0.6 is 0 Å². The van der Waals surface area contributed by atoms with Crippen LogP contribution in [0, 0.1) is 0 Å². The third kappa shape index (κ3) is 6.13. The van der Waals surface area contributed by atoms with Gasteiger partial charge in [0.1, 0.15) is 11.2 Å². The Balaban J connectivity index is 1.02. The van der Waals surface area contributed by atoms with Crippen molar-refractivity contribution in [3.05, 3.63) is 212 Å². The van der Waals surface area contributed by atoms with Crippen LogP contribution in [0.3, 0.4) is 0 Å². The molecule has 0 spiro atoms.